The minimum atomic E-state index is 0.466. The Labute approximate surface area is 125 Å². The fourth-order valence-corrected chi connectivity index (χ4v) is 3.36. The lowest BCUT2D eigenvalue weighted by atomic mass is 9.82. The third kappa shape index (κ3) is 8.57. The van der Waals surface area contributed by atoms with Crippen LogP contribution in [0.5, 0.6) is 0 Å². The smallest absolute Gasteiger partial charge is 0.0435 e. The van der Waals surface area contributed by atoms with Gasteiger partial charge in [-0.3, -0.25) is 0 Å². The van der Waals surface area contributed by atoms with Crippen molar-refractivity contribution in [2.75, 3.05) is 0 Å². The minimum Gasteiger partial charge on any atom is -0.411 e. The van der Waals surface area contributed by atoms with Crippen LogP contribution in [0.3, 0.4) is 0 Å². The van der Waals surface area contributed by atoms with E-state index in [9.17, 15) is 0 Å². The molecule has 20 heavy (non-hydrogen) atoms. The third-order valence-corrected chi connectivity index (χ3v) is 4.71. The molecule has 0 radical (unpaired) electrons. The topological polar surface area (TPSA) is 58.6 Å². The molecule has 1 fully saturated rings. The molecule has 0 saturated heterocycles. The van der Waals surface area contributed by atoms with Gasteiger partial charge < -0.3 is 10.9 Å². The van der Waals surface area contributed by atoms with Crippen LogP contribution in [0.15, 0.2) is 5.16 Å². The molecule has 3 N–H and O–H groups in total. The molecule has 0 amide bonds. The summed E-state index contributed by atoms with van der Waals surface area (Å²) in [4.78, 5) is 0. The van der Waals surface area contributed by atoms with E-state index >= 15 is 0 Å². The second-order valence-corrected chi connectivity index (χ2v) is 6.41. The fraction of sp³-hybridized carbons (Fsp3) is 0.941. The van der Waals surface area contributed by atoms with Crippen LogP contribution in [0.1, 0.15) is 89.9 Å². The van der Waals surface area contributed by atoms with Gasteiger partial charge in [0.2, 0.25) is 0 Å². The van der Waals surface area contributed by atoms with Crippen LogP contribution >= 0.6 is 0 Å². The monoisotopic (exact) mass is 282 g/mol. The Kier molecular flexibility index (Phi) is 10.7. The van der Waals surface area contributed by atoms with Crippen LogP contribution in [0.2, 0.25) is 0 Å². The summed E-state index contributed by atoms with van der Waals surface area (Å²) >= 11 is 0. The molecule has 1 aliphatic rings. The standard InChI is InChI=1S/C17H34N2O/c18-17(16-12-8-7-9-13-16)14-10-5-3-1-2-4-6-11-15-19-20/h15-17,20H,1-14,18H2. The lowest BCUT2D eigenvalue weighted by Gasteiger charge is -2.27. The van der Waals surface area contributed by atoms with Crippen LogP contribution < -0.4 is 5.73 Å². The van der Waals surface area contributed by atoms with Crippen LogP contribution in [0.25, 0.3) is 0 Å². The van der Waals surface area contributed by atoms with Crippen molar-refractivity contribution in [2.24, 2.45) is 16.8 Å². The summed E-state index contributed by atoms with van der Waals surface area (Å²) in [6, 6.07) is 0.466. The molecule has 0 heterocycles. The van der Waals surface area contributed by atoms with Crippen LogP contribution in [0, 0.1) is 5.92 Å². The fourth-order valence-electron chi connectivity index (χ4n) is 3.36. The Balaban J connectivity index is 1.84. The van der Waals surface area contributed by atoms with E-state index in [1.54, 1.807) is 6.21 Å². The van der Waals surface area contributed by atoms with E-state index in [1.807, 2.05) is 0 Å². The lowest BCUT2D eigenvalue weighted by molar-refractivity contribution is 0.290. The van der Waals surface area contributed by atoms with Crippen LogP contribution in [-0.4, -0.2) is 17.5 Å². The largest absolute Gasteiger partial charge is 0.411 e. The van der Waals surface area contributed by atoms with Gasteiger partial charge in [-0.1, -0.05) is 57.8 Å². The number of nitrogens with two attached hydrogens (primary N) is 1. The molecule has 0 bridgehead atoms. The maximum absolute atomic E-state index is 8.26. The van der Waals surface area contributed by atoms with E-state index in [0.717, 1.165) is 18.8 Å². The highest BCUT2D eigenvalue weighted by atomic mass is 16.4. The van der Waals surface area contributed by atoms with E-state index in [4.69, 9.17) is 10.9 Å². The van der Waals surface area contributed by atoms with Crippen molar-refractivity contribution in [3.05, 3.63) is 0 Å². The summed E-state index contributed by atoms with van der Waals surface area (Å²) < 4.78 is 0. The van der Waals surface area contributed by atoms with Gasteiger partial charge in [0.25, 0.3) is 0 Å². The average Bonchev–Trinajstić information content (AvgIpc) is 2.50. The molecule has 1 unspecified atom stereocenters. The first-order chi connectivity index (χ1) is 9.84. The van der Waals surface area contributed by atoms with Gasteiger partial charge in [0.1, 0.15) is 0 Å². The zero-order valence-corrected chi connectivity index (χ0v) is 13.1. The molecular formula is C17H34N2O. The molecule has 0 aromatic carbocycles. The van der Waals surface area contributed by atoms with Crippen molar-refractivity contribution in [1.82, 2.24) is 0 Å². The first-order valence-corrected chi connectivity index (χ1v) is 8.76. The Morgan fingerprint density at radius 3 is 2.20 bits per heavy atom. The third-order valence-electron chi connectivity index (χ3n) is 4.71. The van der Waals surface area contributed by atoms with E-state index in [1.165, 1.54) is 77.0 Å². The number of nitrogens with zero attached hydrogens (tertiary/aromatic N) is 1. The Bertz CT molecular complexity index is 237. The number of oxime groups is 1. The SMILES string of the molecule is NC(CCCCCCCCCC=NO)C1CCCCC1. The van der Waals surface area contributed by atoms with Gasteiger partial charge >= 0.3 is 0 Å². The summed E-state index contributed by atoms with van der Waals surface area (Å²) in [5.41, 5.74) is 6.32. The van der Waals surface area contributed by atoms with Crippen molar-refractivity contribution >= 4 is 6.21 Å². The summed E-state index contributed by atoms with van der Waals surface area (Å²) in [5.74, 6) is 0.817. The van der Waals surface area contributed by atoms with E-state index in [-0.39, 0.29) is 0 Å². The Hall–Kier alpha value is -0.570. The molecule has 118 valence electrons. The number of hydrogen-bond acceptors (Lipinski definition) is 3. The first kappa shape index (κ1) is 17.5. The number of unbranched alkanes of at least 4 members (excludes halogenated alkanes) is 7. The summed E-state index contributed by atoms with van der Waals surface area (Å²) in [6.07, 6.45) is 19.8. The highest BCUT2D eigenvalue weighted by Crippen LogP contribution is 2.27. The van der Waals surface area contributed by atoms with Crippen molar-refractivity contribution in [1.29, 1.82) is 0 Å². The number of hydrogen-bond donors (Lipinski definition) is 2. The highest BCUT2D eigenvalue weighted by molar-refractivity contribution is 5.55. The molecule has 0 aromatic heterocycles. The molecule has 1 rings (SSSR count). The molecule has 1 aliphatic carbocycles. The van der Waals surface area contributed by atoms with Crippen molar-refractivity contribution < 1.29 is 5.21 Å². The summed E-state index contributed by atoms with van der Waals surface area (Å²) in [6.45, 7) is 0. The van der Waals surface area contributed by atoms with E-state index in [2.05, 4.69) is 5.16 Å². The molecule has 0 spiro atoms. The molecule has 1 saturated carbocycles. The maximum atomic E-state index is 8.26. The Morgan fingerprint density at radius 2 is 1.55 bits per heavy atom. The van der Waals surface area contributed by atoms with Gasteiger partial charge in [0.05, 0.1) is 0 Å². The van der Waals surface area contributed by atoms with Crippen LogP contribution in [-0.2, 0) is 0 Å². The molecule has 3 nitrogen and oxygen atoms in total. The van der Waals surface area contributed by atoms with Crippen LogP contribution in [0.4, 0.5) is 0 Å². The van der Waals surface area contributed by atoms with E-state index in [0.29, 0.717) is 6.04 Å². The van der Waals surface area contributed by atoms with Crippen molar-refractivity contribution in [3.63, 3.8) is 0 Å². The number of rotatable bonds is 11. The zero-order chi connectivity index (χ0) is 14.5. The second-order valence-electron chi connectivity index (χ2n) is 6.41. The van der Waals surface area contributed by atoms with E-state index < -0.39 is 0 Å². The Morgan fingerprint density at radius 1 is 0.950 bits per heavy atom. The minimum absolute atomic E-state index is 0.466. The molecule has 0 aliphatic heterocycles. The second kappa shape index (κ2) is 12.2. The lowest BCUT2D eigenvalue weighted by Crippen LogP contribution is -2.31. The normalized spacial score (nSPS) is 18.6. The zero-order valence-electron chi connectivity index (χ0n) is 13.1. The molecule has 1 atom stereocenters. The highest BCUT2D eigenvalue weighted by Gasteiger charge is 2.19. The summed E-state index contributed by atoms with van der Waals surface area (Å²) in [5, 5.41) is 11.3. The predicted octanol–water partition coefficient (Wildman–Crippen LogP) is 4.86. The van der Waals surface area contributed by atoms with Crippen molar-refractivity contribution in [2.45, 2.75) is 95.9 Å². The van der Waals surface area contributed by atoms with Gasteiger partial charge in [-0.25, -0.2) is 0 Å². The quantitative estimate of drug-likeness (QED) is 0.246. The predicted molar refractivity (Wildman–Crippen MR) is 86.4 cm³/mol. The van der Waals surface area contributed by atoms with Gasteiger partial charge in [-0.2, -0.15) is 0 Å². The molecule has 3 heteroatoms. The maximum Gasteiger partial charge on any atom is 0.0435 e. The first-order valence-electron chi connectivity index (χ1n) is 8.76. The molecular weight excluding hydrogens is 248 g/mol. The van der Waals surface area contributed by atoms with Gasteiger partial charge in [0, 0.05) is 12.3 Å². The average molecular weight is 282 g/mol. The molecule has 0 aromatic rings. The van der Waals surface area contributed by atoms with Gasteiger partial charge in [0.15, 0.2) is 0 Å². The van der Waals surface area contributed by atoms with Gasteiger partial charge in [-0.05, 0) is 38.0 Å². The van der Waals surface area contributed by atoms with Gasteiger partial charge in [-0.15, -0.1) is 5.16 Å². The summed E-state index contributed by atoms with van der Waals surface area (Å²) in [7, 11) is 0. The van der Waals surface area contributed by atoms with Crippen molar-refractivity contribution in [3.8, 4) is 0 Å².